The summed E-state index contributed by atoms with van der Waals surface area (Å²) in [5, 5.41) is 4.21. The second-order valence-electron chi connectivity index (χ2n) is 7.58. The highest BCUT2D eigenvalue weighted by Crippen LogP contribution is 2.39. The lowest BCUT2D eigenvalue weighted by Gasteiger charge is -2.32. The van der Waals surface area contributed by atoms with Gasteiger partial charge in [0.1, 0.15) is 5.75 Å². The van der Waals surface area contributed by atoms with Crippen molar-refractivity contribution in [2.24, 2.45) is 0 Å². The smallest absolute Gasteiger partial charge is 0.416 e. The van der Waals surface area contributed by atoms with Gasteiger partial charge in [-0.25, -0.2) is 4.68 Å². The van der Waals surface area contributed by atoms with Crippen molar-refractivity contribution in [1.82, 2.24) is 9.78 Å². The number of halogens is 3. The van der Waals surface area contributed by atoms with Crippen LogP contribution in [0.5, 0.6) is 5.75 Å². The summed E-state index contributed by atoms with van der Waals surface area (Å²) >= 11 is 0. The first-order valence-electron chi connectivity index (χ1n) is 9.93. The predicted molar refractivity (Wildman–Crippen MR) is 111 cm³/mol. The molecule has 0 bridgehead atoms. The van der Waals surface area contributed by atoms with Crippen LogP contribution in [0.25, 0.3) is 5.69 Å². The third kappa shape index (κ3) is 3.66. The SMILES string of the molecule is COc1ccc(C)c2c1N(C(=O)c1cnn(-c3cccc(C(F)(F)F)c3)c1C)CCC2. The van der Waals surface area contributed by atoms with Gasteiger partial charge in [0.15, 0.2) is 0 Å². The average Bonchev–Trinajstić information content (AvgIpc) is 3.14. The van der Waals surface area contributed by atoms with Crippen LogP contribution >= 0.6 is 0 Å². The first-order valence-corrected chi connectivity index (χ1v) is 9.93. The van der Waals surface area contributed by atoms with Crippen molar-refractivity contribution in [2.75, 3.05) is 18.6 Å². The zero-order chi connectivity index (χ0) is 22.3. The molecule has 0 fully saturated rings. The summed E-state index contributed by atoms with van der Waals surface area (Å²) in [5.41, 5.74) is 3.21. The fourth-order valence-corrected chi connectivity index (χ4v) is 4.06. The van der Waals surface area contributed by atoms with E-state index in [0.717, 1.165) is 41.8 Å². The molecule has 0 saturated carbocycles. The molecule has 1 aromatic heterocycles. The van der Waals surface area contributed by atoms with Gasteiger partial charge in [0.05, 0.1) is 41.5 Å². The number of amides is 1. The second kappa shape index (κ2) is 7.76. The Morgan fingerprint density at radius 1 is 1.16 bits per heavy atom. The van der Waals surface area contributed by atoms with E-state index in [9.17, 15) is 18.0 Å². The van der Waals surface area contributed by atoms with Crippen molar-refractivity contribution in [1.29, 1.82) is 0 Å². The molecule has 5 nitrogen and oxygen atoms in total. The summed E-state index contributed by atoms with van der Waals surface area (Å²) in [4.78, 5) is 15.2. The zero-order valence-electron chi connectivity index (χ0n) is 17.5. The molecule has 0 N–H and O–H groups in total. The van der Waals surface area contributed by atoms with E-state index < -0.39 is 11.7 Å². The van der Waals surface area contributed by atoms with E-state index in [1.54, 1.807) is 18.9 Å². The number of benzene rings is 2. The number of aryl methyl sites for hydroxylation is 1. The van der Waals surface area contributed by atoms with Gasteiger partial charge in [0, 0.05) is 6.54 Å². The van der Waals surface area contributed by atoms with Crippen molar-refractivity contribution < 1.29 is 22.7 Å². The molecule has 0 unspecified atom stereocenters. The number of carbonyl (C=O) groups is 1. The second-order valence-corrected chi connectivity index (χ2v) is 7.58. The standard InChI is InChI=1S/C23H22F3N3O2/c1-14-9-10-20(31-3)21-18(14)8-5-11-28(21)22(30)19-13-27-29(15(19)2)17-7-4-6-16(12-17)23(24,25)26/h4,6-7,9-10,12-13H,5,8,11H2,1-3H3. The molecule has 4 rings (SSSR count). The normalized spacial score (nSPS) is 13.8. The molecule has 0 atom stereocenters. The van der Waals surface area contributed by atoms with E-state index in [4.69, 9.17) is 4.74 Å². The summed E-state index contributed by atoms with van der Waals surface area (Å²) in [5.74, 6) is 0.372. The van der Waals surface area contributed by atoms with Gasteiger partial charge >= 0.3 is 6.18 Å². The van der Waals surface area contributed by atoms with Crippen LogP contribution in [0.2, 0.25) is 0 Å². The van der Waals surface area contributed by atoms with Crippen LogP contribution in [0.1, 0.15) is 39.2 Å². The maximum Gasteiger partial charge on any atom is 0.416 e. The van der Waals surface area contributed by atoms with Gasteiger partial charge in [-0.2, -0.15) is 18.3 Å². The average molecular weight is 429 g/mol. The third-order valence-corrected chi connectivity index (χ3v) is 5.68. The molecule has 162 valence electrons. The lowest BCUT2D eigenvalue weighted by molar-refractivity contribution is -0.137. The zero-order valence-corrected chi connectivity index (χ0v) is 17.5. The monoisotopic (exact) mass is 429 g/mol. The molecular weight excluding hydrogens is 407 g/mol. The van der Waals surface area contributed by atoms with Crippen molar-refractivity contribution >= 4 is 11.6 Å². The van der Waals surface area contributed by atoms with Crippen LogP contribution in [0.4, 0.5) is 18.9 Å². The highest BCUT2D eigenvalue weighted by atomic mass is 19.4. The van der Waals surface area contributed by atoms with Gasteiger partial charge in [-0.15, -0.1) is 0 Å². The molecule has 8 heteroatoms. The fourth-order valence-electron chi connectivity index (χ4n) is 4.06. The van der Waals surface area contributed by atoms with E-state index in [1.165, 1.54) is 23.0 Å². The van der Waals surface area contributed by atoms with Crippen molar-refractivity contribution in [2.45, 2.75) is 32.9 Å². The number of hydrogen-bond acceptors (Lipinski definition) is 3. The topological polar surface area (TPSA) is 47.4 Å². The molecule has 2 heterocycles. The Labute approximate surface area is 178 Å². The van der Waals surface area contributed by atoms with Gasteiger partial charge in [-0.05, 0) is 62.1 Å². The fraction of sp³-hybridized carbons (Fsp3) is 0.304. The van der Waals surface area contributed by atoms with Gasteiger partial charge < -0.3 is 9.64 Å². The Balaban J connectivity index is 1.74. The van der Waals surface area contributed by atoms with Gasteiger partial charge in [-0.3, -0.25) is 4.79 Å². The number of anilines is 1. The van der Waals surface area contributed by atoms with Crippen molar-refractivity contribution in [3.8, 4) is 11.4 Å². The van der Waals surface area contributed by atoms with E-state index in [1.807, 2.05) is 19.1 Å². The summed E-state index contributed by atoms with van der Waals surface area (Å²) in [6.45, 7) is 4.21. The number of aromatic nitrogens is 2. The van der Waals surface area contributed by atoms with Gasteiger partial charge in [0.2, 0.25) is 0 Å². The number of methoxy groups -OCH3 is 1. The summed E-state index contributed by atoms with van der Waals surface area (Å²) in [7, 11) is 1.57. The molecule has 0 radical (unpaired) electrons. The Morgan fingerprint density at radius 2 is 1.94 bits per heavy atom. The quantitative estimate of drug-likeness (QED) is 0.581. The third-order valence-electron chi connectivity index (χ3n) is 5.68. The molecule has 2 aromatic carbocycles. The van der Waals surface area contributed by atoms with Gasteiger partial charge in [-0.1, -0.05) is 12.1 Å². The molecule has 1 aliphatic rings. The highest BCUT2D eigenvalue weighted by Gasteiger charge is 2.32. The molecule has 0 aliphatic carbocycles. The molecule has 1 aliphatic heterocycles. The van der Waals surface area contributed by atoms with Crippen LogP contribution < -0.4 is 9.64 Å². The summed E-state index contributed by atoms with van der Waals surface area (Å²) in [6, 6.07) is 8.72. The number of alkyl halides is 3. The molecule has 3 aromatic rings. The number of hydrogen-bond donors (Lipinski definition) is 0. The molecule has 31 heavy (non-hydrogen) atoms. The minimum atomic E-state index is -4.46. The molecular formula is C23H22F3N3O2. The number of carbonyl (C=O) groups excluding carboxylic acids is 1. The first-order chi connectivity index (χ1) is 14.7. The van der Waals surface area contributed by atoms with E-state index in [0.29, 0.717) is 23.6 Å². The van der Waals surface area contributed by atoms with Crippen LogP contribution in [-0.4, -0.2) is 29.3 Å². The number of fused-ring (bicyclic) bond motifs is 1. The maximum absolute atomic E-state index is 13.5. The van der Waals surface area contributed by atoms with Crippen LogP contribution in [0, 0.1) is 13.8 Å². The number of nitrogens with zero attached hydrogens (tertiary/aromatic N) is 3. The Morgan fingerprint density at radius 3 is 2.65 bits per heavy atom. The van der Waals surface area contributed by atoms with Crippen LogP contribution in [0.3, 0.4) is 0 Å². The largest absolute Gasteiger partial charge is 0.495 e. The lowest BCUT2D eigenvalue weighted by atomic mass is 9.95. The van der Waals surface area contributed by atoms with Gasteiger partial charge in [0.25, 0.3) is 5.91 Å². The summed E-state index contributed by atoms with van der Waals surface area (Å²) in [6.07, 6.45) is -1.38. The van der Waals surface area contributed by atoms with E-state index in [-0.39, 0.29) is 11.6 Å². The molecule has 0 spiro atoms. The first kappa shape index (κ1) is 21.0. The Hall–Kier alpha value is -3.29. The molecule has 1 amide bonds. The van der Waals surface area contributed by atoms with Crippen molar-refractivity contribution in [3.05, 3.63) is 70.5 Å². The Bertz CT molecular complexity index is 1150. The minimum absolute atomic E-state index is 0.249. The summed E-state index contributed by atoms with van der Waals surface area (Å²) < 4.78 is 46.2. The Kier molecular flexibility index (Phi) is 5.24. The minimum Gasteiger partial charge on any atom is -0.495 e. The predicted octanol–water partition coefficient (Wildman–Crippen LogP) is 5.11. The highest BCUT2D eigenvalue weighted by molar-refractivity contribution is 6.08. The van der Waals surface area contributed by atoms with E-state index in [2.05, 4.69) is 5.10 Å². The molecule has 0 saturated heterocycles. The number of ether oxygens (including phenoxy) is 1. The lowest BCUT2D eigenvalue weighted by Crippen LogP contribution is -2.36. The van der Waals surface area contributed by atoms with Crippen LogP contribution in [0.15, 0.2) is 42.6 Å². The van der Waals surface area contributed by atoms with Crippen molar-refractivity contribution in [3.63, 3.8) is 0 Å². The van der Waals surface area contributed by atoms with Crippen LogP contribution in [-0.2, 0) is 12.6 Å². The number of rotatable bonds is 3. The van der Waals surface area contributed by atoms with E-state index >= 15 is 0 Å². The maximum atomic E-state index is 13.5.